The number of carboxylic acid groups (broad SMARTS) is 1. The Labute approximate surface area is 105 Å². The maximum atomic E-state index is 11.7. The first-order valence-electron chi connectivity index (χ1n) is 5.26. The summed E-state index contributed by atoms with van der Waals surface area (Å²) in [5, 5.41) is 18.0. The Hall–Kier alpha value is -1.44. The molecule has 0 bridgehead atoms. The van der Waals surface area contributed by atoms with Crippen LogP contribution in [0.5, 0.6) is 0 Å². The Morgan fingerprint density at radius 3 is 2.33 bits per heavy atom. The molecule has 18 heavy (non-hydrogen) atoms. The van der Waals surface area contributed by atoms with Crippen LogP contribution in [0.25, 0.3) is 0 Å². The molecule has 0 saturated carbocycles. The molecule has 2 unspecified atom stereocenters. The van der Waals surface area contributed by atoms with E-state index in [1.807, 2.05) is 4.72 Å². The van der Waals surface area contributed by atoms with E-state index in [0.717, 1.165) is 0 Å². The molecule has 0 radical (unpaired) electrons. The fraction of sp³-hybridized carbons (Fsp3) is 0.364. The lowest BCUT2D eigenvalue weighted by molar-refractivity contribution is -0.141. The first kappa shape index (κ1) is 14.6. The topological polar surface area (TPSA) is 104 Å². The summed E-state index contributed by atoms with van der Waals surface area (Å²) >= 11 is 0. The van der Waals surface area contributed by atoms with Gasteiger partial charge in [0.2, 0.25) is 10.0 Å². The van der Waals surface area contributed by atoms with E-state index in [1.165, 1.54) is 6.92 Å². The van der Waals surface area contributed by atoms with Crippen molar-refractivity contribution < 1.29 is 23.4 Å². The number of benzene rings is 1. The second kappa shape index (κ2) is 5.94. The second-order valence-electron chi connectivity index (χ2n) is 3.92. The molecule has 0 heterocycles. The van der Waals surface area contributed by atoms with E-state index in [4.69, 9.17) is 5.11 Å². The molecule has 0 spiro atoms. The first-order valence-corrected chi connectivity index (χ1v) is 6.92. The molecule has 6 nitrogen and oxygen atoms in total. The van der Waals surface area contributed by atoms with Gasteiger partial charge in [-0.05, 0) is 12.5 Å². The first-order chi connectivity index (χ1) is 8.32. The standard InChI is InChI=1S/C11H15NO5S/c1-8(13)10(11(14)15)12-18(16,17)7-9-5-3-2-4-6-9/h2-6,8,10,12-13H,7H2,1H3,(H,14,15). The zero-order valence-electron chi connectivity index (χ0n) is 9.78. The summed E-state index contributed by atoms with van der Waals surface area (Å²) in [4.78, 5) is 10.8. The van der Waals surface area contributed by atoms with Gasteiger partial charge in [-0.1, -0.05) is 30.3 Å². The van der Waals surface area contributed by atoms with Crippen molar-refractivity contribution in [3.05, 3.63) is 35.9 Å². The van der Waals surface area contributed by atoms with Crippen LogP contribution in [0.3, 0.4) is 0 Å². The van der Waals surface area contributed by atoms with Gasteiger partial charge in [0.1, 0.15) is 6.04 Å². The summed E-state index contributed by atoms with van der Waals surface area (Å²) in [6.45, 7) is 1.21. The van der Waals surface area contributed by atoms with Gasteiger partial charge in [0, 0.05) is 0 Å². The molecule has 100 valence electrons. The minimum atomic E-state index is -3.81. The normalized spacial score (nSPS) is 15.0. The predicted molar refractivity (Wildman–Crippen MR) is 65.3 cm³/mol. The number of aliphatic hydroxyl groups excluding tert-OH is 1. The van der Waals surface area contributed by atoms with Crippen molar-refractivity contribution in [2.75, 3.05) is 0 Å². The Balaban J connectivity index is 2.79. The largest absolute Gasteiger partial charge is 0.480 e. The highest BCUT2D eigenvalue weighted by Crippen LogP contribution is 2.06. The summed E-state index contributed by atoms with van der Waals surface area (Å²) in [5.74, 6) is -1.74. The lowest BCUT2D eigenvalue weighted by atomic mass is 10.2. The number of sulfonamides is 1. The van der Waals surface area contributed by atoms with Crippen molar-refractivity contribution in [3.63, 3.8) is 0 Å². The summed E-state index contributed by atoms with van der Waals surface area (Å²) in [5.41, 5.74) is 0.541. The number of carbonyl (C=O) groups is 1. The fourth-order valence-corrected chi connectivity index (χ4v) is 2.78. The Morgan fingerprint density at radius 2 is 1.89 bits per heavy atom. The van der Waals surface area contributed by atoms with Crippen LogP contribution in [-0.2, 0) is 20.6 Å². The summed E-state index contributed by atoms with van der Waals surface area (Å²) < 4.78 is 25.4. The van der Waals surface area contributed by atoms with Gasteiger partial charge in [0.25, 0.3) is 0 Å². The Bertz CT molecular complexity index is 497. The molecule has 0 aliphatic heterocycles. The SMILES string of the molecule is CC(O)C(NS(=O)(=O)Cc1ccccc1)C(=O)O. The van der Waals surface area contributed by atoms with Crippen LogP contribution in [0.4, 0.5) is 0 Å². The number of hydrogen-bond acceptors (Lipinski definition) is 4. The van der Waals surface area contributed by atoms with E-state index in [-0.39, 0.29) is 5.75 Å². The van der Waals surface area contributed by atoms with Crippen molar-refractivity contribution in [1.82, 2.24) is 4.72 Å². The zero-order valence-corrected chi connectivity index (χ0v) is 10.6. The van der Waals surface area contributed by atoms with Crippen LogP contribution in [0, 0.1) is 0 Å². The highest BCUT2D eigenvalue weighted by Gasteiger charge is 2.28. The van der Waals surface area contributed by atoms with Gasteiger partial charge < -0.3 is 10.2 Å². The number of rotatable bonds is 6. The highest BCUT2D eigenvalue weighted by atomic mass is 32.2. The molecule has 0 aliphatic rings. The minimum absolute atomic E-state index is 0.329. The van der Waals surface area contributed by atoms with E-state index < -0.39 is 28.1 Å². The van der Waals surface area contributed by atoms with Crippen LogP contribution in [0.1, 0.15) is 12.5 Å². The molecule has 1 rings (SSSR count). The van der Waals surface area contributed by atoms with Gasteiger partial charge in [-0.25, -0.2) is 8.42 Å². The smallest absolute Gasteiger partial charge is 0.324 e. The monoisotopic (exact) mass is 273 g/mol. The number of nitrogens with one attached hydrogen (secondary N) is 1. The van der Waals surface area contributed by atoms with E-state index in [2.05, 4.69) is 0 Å². The third-order valence-corrected chi connectivity index (χ3v) is 3.58. The van der Waals surface area contributed by atoms with Crippen LogP contribution in [-0.4, -0.2) is 36.7 Å². The molecule has 3 N–H and O–H groups in total. The number of aliphatic carboxylic acids is 1. The van der Waals surface area contributed by atoms with Crippen molar-refractivity contribution in [2.45, 2.75) is 24.8 Å². The molecule has 2 atom stereocenters. The quantitative estimate of drug-likeness (QED) is 0.673. The average molecular weight is 273 g/mol. The molecule has 1 aromatic carbocycles. The molecular formula is C11H15NO5S. The molecule has 0 amide bonds. The van der Waals surface area contributed by atoms with Crippen LogP contribution < -0.4 is 4.72 Å². The second-order valence-corrected chi connectivity index (χ2v) is 5.67. The predicted octanol–water partition coefficient (Wildman–Crippen LogP) is -0.0600. The van der Waals surface area contributed by atoms with Crippen LogP contribution in [0.2, 0.25) is 0 Å². The van der Waals surface area contributed by atoms with E-state index >= 15 is 0 Å². The van der Waals surface area contributed by atoms with Gasteiger partial charge >= 0.3 is 5.97 Å². The van der Waals surface area contributed by atoms with Crippen molar-refractivity contribution in [1.29, 1.82) is 0 Å². The van der Waals surface area contributed by atoms with Gasteiger partial charge in [-0.15, -0.1) is 0 Å². The maximum Gasteiger partial charge on any atom is 0.324 e. The summed E-state index contributed by atoms with van der Waals surface area (Å²) in [6.07, 6.45) is -1.31. The molecule has 7 heteroatoms. The third kappa shape index (κ3) is 4.44. The van der Waals surface area contributed by atoms with Crippen molar-refractivity contribution in [3.8, 4) is 0 Å². The highest BCUT2D eigenvalue weighted by molar-refractivity contribution is 7.88. The molecule has 1 aromatic rings. The lowest BCUT2D eigenvalue weighted by Gasteiger charge is -2.17. The third-order valence-electron chi connectivity index (χ3n) is 2.25. The summed E-state index contributed by atoms with van der Waals surface area (Å²) in [6, 6.07) is 6.83. The fourth-order valence-electron chi connectivity index (χ4n) is 1.38. The van der Waals surface area contributed by atoms with Gasteiger partial charge in [0.05, 0.1) is 11.9 Å². The Kier molecular flexibility index (Phi) is 4.83. The Morgan fingerprint density at radius 1 is 1.33 bits per heavy atom. The molecule has 0 aliphatic carbocycles. The molecule has 0 aromatic heterocycles. The van der Waals surface area contributed by atoms with Crippen LogP contribution >= 0.6 is 0 Å². The summed E-state index contributed by atoms with van der Waals surface area (Å²) in [7, 11) is -3.81. The maximum absolute atomic E-state index is 11.7. The number of carboxylic acids is 1. The van der Waals surface area contributed by atoms with Crippen molar-refractivity contribution in [2.24, 2.45) is 0 Å². The molecule has 0 saturated heterocycles. The number of aliphatic hydroxyl groups is 1. The molecular weight excluding hydrogens is 258 g/mol. The van der Waals surface area contributed by atoms with Gasteiger partial charge in [0.15, 0.2) is 0 Å². The lowest BCUT2D eigenvalue weighted by Crippen LogP contribution is -2.47. The average Bonchev–Trinajstić information content (AvgIpc) is 2.26. The zero-order chi connectivity index (χ0) is 13.8. The van der Waals surface area contributed by atoms with E-state index in [0.29, 0.717) is 5.56 Å². The number of hydrogen-bond donors (Lipinski definition) is 3. The minimum Gasteiger partial charge on any atom is -0.480 e. The van der Waals surface area contributed by atoms with Crippen LogP contribution in [0.15, 0.2) is 30.3 Å². The van der Waals surface area contributed by atoms with Gasteiger partial charge in [-0.3, -0.25) is 4.79 Å². The van der Waals surface area contributed by atoms with Crippen molar-refractivity contribution >= 4 is 16.0 Å². The van der Waals surface area contributed by atoms with E-state index in [9.17, 15) is 18.3 Å². The van der Waals surface area contributed by atoms with Gasteiger partial charge in [-0.2, -0.15) is 4.72 Å². The molecule has 0 fully saturated rings. The van der Waals surface area contributed by atoms with E-state index in [1.54, 1.807) is 30.3 Å².